The molecule has 0 spiro atoms. The van der Waals surface area contributed by atoms with Crippen LogP contribution in [0.25, 0.3) is 0 Å². The van der Waals surface area contributed by atoms with E-state index < -0.39 is 0 Å². The second-order valence-electron chi connectivity index (χ2n) is 5.76. The van der Waals surface area contributed by atoms with Crippen molar-refractivity contribution in [3.8, 4) is 0 Å². The van der Waals surface area contributed by atoms with Crippen molar-refractivity contribution in [1.82, 2.24) is 25.0 Å². The van der Waals surface area contributed by atoms with E-state index in [0.29, 0.717) is 19.1 Å². The number of urea groups is 1. The summed E-state index contributed by atoms with van der Waals surface area (Å²) in [5.74, 6) is 0. The summed E-state index contributed by atoms with van der Waals surface area (Å²) in [6, 6.07) is 8.02. The van der Waals surface area contributed by atoms with Gasteiger partial charge in [0, 0.05) is 30.7 Å². The molecule has 0 bridgehead atoms. The van der Waals surface area contributed by atoms with Crippen LogP contribution < -0.4 is 5.32 Å². The molecule has 6 nitrogen and oxygen atoms in total. The van der Waals surface area contributed by atoms with Crippen LogP contribution in [0, 0.1) is 0 Å². The molecule has 1 atom stereocenters. The van der Waals surface area contributed by atoms with Gasteiger partial charge in [0.2, 0.25) is 0 Å². The average Bonchev–Trinajstić information content (AvgIpc) is 3.23. The normalized spacial score (nSPS) is 15.3. The van der Waals surface area contributed by atoms with Crippen LogP contribution in [0.2, 0.25) is 0 Å². The Morgan fingerprint density at radius 1 is 1.41 bits per heavy atom. The summed E-state index contributed by atoms with van der Waals surface area (Å²) in [7, 11) is 0. The number of carbonyl (C=O) groups is 1. The quantitative estimate of drug-likeness (QED) is 0.888. The van der Waals surface area contributed by atoms with E-state index in [-0.39, 0.29) is 12.1 Å². The Hall–Kier alpha value is -2.37. The maximum atomic E-state index is 12.5. The first-order valence-electron chi connectivity index (χ1n) is 7.67. The molecule has 6 heteroatoms. The molecule has 22 heavy (non-hydrogen) atoms. The van der Waals surface area contributed by atoms with Crippen LogP contribution in [0.15, 0.2) is 42.9 Å². The third-order valence-corrected chi connectivity index (χ3v) is 3.70. The molecular formula is C16H21N5O. The lowest BCUT2D eigenvalue weighted by Gasteiger charge is -2.25. The molecule has 1 saturated carbocycles. The summed E-state index contributed by atoms with van der Waals surface area (Å²) in [6.07, 6.45) is 7.56. The van der Waals surface area contributed by atoms with Crippen molar-refractivity contribution in [3.05, 3.63) is 48.5 Å². The monoisotopic (exact) mass is 299 g/mol. The van der Waals surface area contributed by atoms with Gasteiger partial charge in [0.1, 0.15) is 0 Å². The highest BCUT2D eigenvalue weighted by Gasteiger charge is 2.33. The lowest BCUT2D eigenvalue weighted by molar-refractivity contribution is 0.186. The van der Waals surface area contributed by atoms with E-state index in [1.807, 2.05) is 47.0 Å². The van der Waals surface area contributed by atoms with Crippen molar-refractivity contribution < 1.29 is 4.79 Å². The largest absolute Gasteiger partial charge is 0.334 e. The molecule has 1 fully saturated rings. The van der Waals surface area contributed by atoms with Crippen LogP contribution in [-0.2, 0) is 13.1 Å². The maximum Gasteiger partial charge on any atom is 0.318 e. The van der Waals surface area contributed by atoms with Crippen LogP contribution >= 0.6 is 0 Å². The number of nitrogens with one attached hydrogen (secondary N) is 1. The van der Waals surface area contributed by atoms with Crippen LogP contribution in [0.5, 0.6) is 0 Å². The van der Waals surface area contributed by atoms with Crippen molar-refractivity contribution in [3.63, 3.8) is 0 Å². The van der Waals surface area contributed by atoms with E-state index in [1.165, 1.54) is 0 Å². The summed E-state index contributed by atoms with van der Waals surface area (Å²) in [5, 5.41) is 7.22. The van der Waals surface area contributed by atoms with Crippen LogP contribution in [0.1, 0.15) is 25.5 Å². The Balaban J connectivity index is 1.58. The van der Waals surface area contributed by atoms with Gasteiger partial charge in [0.05, 0.1) is 18.8 Å². The first kappa shape index (κ1) is 14.6. The number of carbonyl (C=O) groups excluding carboxylic acids is 1. The van der Waals surface area contributed by atoms with E-state index >= 15 is 0 Å². The van der Waals surface area contributed by atoms with Gasteiger partial charge in [-0.15, -0.1) is 0 Å². The van der Waals surface area contributed by atoms with Gasteiger partial charge in [-0.2, -0.15) is 5.10 Å². The molecule has 0 radical (unpaired) electrons. The van der Waals surface area contributed by atoms with Gasteiger partial charge in [0.25, 0.3) is 0 Å². The summed E-state index contributed by atoms with van der Waals surface area (Å²) in [5.41, 5.74) is 0.921. The molecule has 2 heterocycles. The lowest BCUT2D eigenvalue weighted by atomic mass is 10.3. The topological polar surface area (TPSA) is 63.1 Å². The predicted molar refractivity (Wildman–Crippen MR) is 83.0 cm³/mol. The standard InChI is InChI=1S/C16H21N5O/c1-13(11-20-10-4-9-18-20)19-16(22)21(15-6-7-15)12-14-5-2-3-8-17-14/h2-5,8-10,13,15H,6-7,11-12H2,1H3,(H,19,22). The summed E-state index contributed by atoms with van der Waals surface area (Å²) in [4.78, 5) is 18.7. The molecule has 2 aromatic rings. The van der Waals surface area contributed by atoms with Crippen LogP contribution in [0.4, 0.5) is 4.79 Å². The van der Waals surface area contributed by atoms with Crippen molar-refractivity contribution in [2.75, 3.05) is 0 Å². The Bertz CT molecular complexity index is 594. The molecule has 2 aromatic heterocycles. The number of rotatable bonds is 6. The molecule has 0 aliphatic heterocycles. The Labute approximate surface area is 130 Å². The fourth-order valence-corrected chi connectivity index (χ4v) is 2.45. The summed E-state index contributed by atoms with van der Waals surface area (Å²) < 4.78 is 1.82. The molecule has 1 aliphatic rings. The minimum absolute atomic E-state index is 0.0205. The molecule has 116 valence electrons. The Morgan fingerprint density at radius 2 is 2.27 bits per heavy atom. The van der Waals surface area contributed by atoms with Gasteiger partial charge >= 0.3 is 6.03 Å². The fraction of sp³-hybridized carbons (Fsp3) is 0.438. The van der Waals surface area contributed by atoms with Gasteiger partial charge < -0.3 is 10.2 Å². The van der Waals surface area contributed by atoms with Crippen molar-refractivity contribution >= 4 is 6.03 Å². The minimum atomic E-state index is -0.0205. The van der Waals surface area contributed by atoms with Gasteiger partial charge in [-0.1, -0.05) is 6.07 Å². The highest BCUT2D eigenvalue weighted by Crippen LogP contribution is 2.28. The van der Waals surface area contributed by atoms with E-state index in [0.717, 1.165) is 18.5 Å². The molecule has 1 unspecified atom stereocenters. The number of aromatic nitrogens is 3. The molecule has 0 saturated heterocycles. The number of nitrogens with zero attached hydrogens (tertiary/aromatic N) is 4. The van der Waals surface area contributed by atoms with Crippen LogP contribution in [-0.4, -0.2) is 37.8 Å². The second-order valence-corrected chi connectivity index (χ2v) is 5.76. The number of pyridine rings is 1. The first-order chi connectivity index (χ1) is 10.7. The molecule has 2 amide bonds. The SMILES string of the molecule is CC(Cn1cccn1)NC(=O)N(Cc1ccccn1)C1CC1. The number of hydrogen-bond donors (Lipinski definition) is 1. The van der Waals surface area contributed by atoms with Crippen molar-refractivity contribution in [2.45, 2.75) is 44.9 Å². The average molecular weight is 299 g/mol. The highest BCUT2D eigenvalue weighted by molar-refractivity contribution is 5.75. The summed E-state index contributed by atoms with van der Waals surface area (Å²) in [6.45, 7) is 3.22. The summed E-state index contributed by atoms with van der Waals surface area (Å²) >= 11 is 0. The van der Waals surface area contributed by atoms with Gasteiger partial charge in [-0.3, -0.25) is 9.67 Å². The first-order valence-corrected chi connectivity index (χ1v) is 7.67. The second kappa shape index (κ2) is 6.60. The van der Waals surface area contributed by atoms with Gasteiger partial charge in [-0.25, -0.2) is 4.79 Å². The predicted octanol–water partition coefficient (Wildman–Crippen LogP) is 2.04. The van der Waals surface area contributed by atoms with Crippen molar-refractivity contribution in [1.29, 1.82) is 0 Å². The molecule has 1 N–H and O–H groups in total. The minimum Gasteiger partial charge on any atom is -0.334 e. The molecule has 3 rings (SSSR count). The Morgan fingerprint density at radius 3 is 2.91 bits per heavy atom. The van der Waals surface area contributed by atoms with E-state index in [1.54, 1.807) is 12.4 Å². The number of amides is 2. The zero-order valence-electron chi connectivity index (χ0n) is 12.7. The smallest absolute Gasteiger partial charge is 0.318 e. The molecule has 0 aromatic carbocycles. The maximum absolute atomic E-state index is 12.5. The highest BCUT2D eigenvalue weighted by atomic mass is 16.2. The van der Waals surface area contributed by atoms with E-state index in [9.17, 15) is 4.79 Å². The molecule has 1 aliphatic carbocycles. The fourth-order valence-electron chi connectivity index (χ4n) is 2.45. The third-order valence-electron chi connectivity index (χ3n) is 3.70. The molecular weight excluding hydrogens is 278 g/mol. The Kier molecular flexibility index (Phi) is 4.37. The third kappa shape index (κ3) is 3.84. The van der Waals surface area contributed by atoms with E-state index in [4.69, 9.17) is 0 Å². The van der Waals surface area contributed by atoms with Crippen molar-refractivity contribution in [2.24, 2.45) is 0 Å². The van der Waals surface area contributed by atoms with Gasteiger partial charge in [0.15, 0.2) is 0 Å². The lowest BCUT2D eigenvalue weighted by Crippen LogP contribution is -2.46. The van der Waals surface area contributed by atoms with Gasteiger partial charge in [-0.05, 0) is 38.0 Å². The zero-order chi connectivity index (χ0) is 15.4. The van der Waals surface area contributed by atoms with E-state index in [2.05, 4.69) is 15.4 Å². The number of hydrogen-bond acceptors (Lipinski definition) is 3. The zero-order valence-corrected chi connectivity index (χ0v) is 12.7. The van der Waals surface area contributed by atoms with Crippen LogP contribution in [0.3, 0.4) is 0 Å².